The zero-order chi connectivity index (χ0) is 41.0. The molecule has 9 aromatic carbocycles. The largest absolute Gasteiger partial charge is 0.255 e. The van der Waals surface area contributed by atoms with Crippen molar-refractivity contribution in [1.82, 2.24) is 9.97 Å². The molecule has 0 saturated carbocycles. The van der Waals surface area contributed by atoms with E-state index in [1.807, 2.05) is 30.5 Å². The molecule has 0 fully saturated rings. The van der Waals surface area contributed by atoms with Crippen LogP contribution in [0.25, 0.3) is 122 Å². The molecule has 0 saturated heterocycles. The maximum atomic E-state index is 5.21. The first-order chi connectivity index (χ1) is 30.8. The fourth-order valence-electron chi connectivity index (χ4n) is 9.70. The van der Waals surface area contributed by atoms with Crippen LogP contribution in [0.3, 0.4) is 0 Å². The average Bonchev–Trinajstić information content (AvgIpc) is 3.69. The monoisotopic (exact) mass is 786 g/mol. The molecule has 2 nitrogen and oxygen atoms in total. The molecular weight excluding hydrogens is 749 g/mol. The minimum Gasteiger partial charge on any atom is -0.255 e. The Balaban J connectivity index is 1.10. The number of rotatable bonds is 7. The van der Waals surface area contributed by atoms with Gasteiger partial charge in [0, 0.05) is 11.8 Å². The summed E-state index contributed by atoms with van der Waals surface area (Å²) in [5.41, 5.74) is 20.8. The van der Waals surface area contributed by atoms with E-state index in [1.165, 1.54) is 82.7 Å². The van der Waals surface area contributed by atoms with E-state index in [9.17, 15) is 0 Å². The number of hydrogen-bond donors (Lipinski definition) is 0. The van der Waals surface area contributed by atoms with E-state index in [0.29, 0.717) is 0 Å². The maximum Gasteiger partial charge on any atom is 0.0893 e. The smallest absolute Gasteiger partial charge is 0.0893 e. The van der Waals surface area contributed by atoms with Gasteiger partial charge in [-0.3, -0.25) is 4.98 Å². The van der Waals surface area contributed by atoms with Crippen LogP contribution in [0.5, 0.6) is 0 Å². The molecule has 288 valence electrons. The van der Waals surface area contributed by atoms with Crippen LogP contribution < -0.4 is 0 Å². The van der Waals surface area contributed by atoms with Crippen molar-refractivity contribution < 1.29 is 0 Å². The van der Waals surface area contributed by atoms with Crippen molar-refractivity contribution in [3.8, 4) is 101 Å². The van der Waals surface area contributed by atoms with Crippen LogP contribution in [0, 0.1) is 0 Å². The Bertz CT molecular complexity index is 3380. The molecule has 0 radical (unpaired) electrons. The Kier molecular flexibility index (Phi) is 8.53. The van der Waals surface area contributed by atoms with Crippen LogP contribution >= 0.6 is 0 Å². The third kappa shape index (κ3) is 5.96. The Labute approximate surface area is 361 Å². The lowest BCUT2D eigenvalue weighted by atomic mass is 9.82. The van der Waals surface area contributed by atoms with Crippen LogP contribution in [0.15, 0.2) is 231 Å². The summed E-state index contributed by atoms with van der Waals surface area (Å²) in [6.07, 6.45) is 1.82. The third-order valence-electron chi connectivity index (χ3n) is 12.5. The number of benzene rings is 9. The second-order valence-corrected chi connectivity index (χ2v) is 16.0. The van der Waals surface area contributed by atoms with E-state index in [4.69, 9.17) is 4.98 Å². The van der Waals surface area contributed by atoms with Crippen molar-refractivity contribution >= 4 is 21.5 Å². The molecule has 2 heteroatoms. The van der Waals surface area contributed by atoms with Gasteiger partial charge in [-0.1, -0.05) is 182 Å². The van der Waals surface area contributed by atoms with Crippen molar-refractivity contribution in [2.45, 2.75) is 0 Å². The minimum absolute atomic E-state index is 0.848. The number of nitrogens with zero attached hydrogens (tertiary/aromatic N) is 2. The van der Waals surface area contributed by atoms with Gasteiger partial charge in [0.25, 0.3) is 0 Å². The maximum absolute atomic E-state index is 5.21. The first kappa shape index (κ1) is 35.7. The Morgan fingerprint density at radius 2 is 0.710 bits per heavy atom. The summed E-state index contributed by atoms with van der Waals surface area (Å²) in [7, 11) is 0. The highest BCUT2D eigenvalue weighted by atomic mass is 14.8. The van der Waals surface area contributed by atoms with Gasteiger partial charge in [-0.05, 0) is 142 Å². The number of hydrogen-bond acceptors (Lipinski definition) is 2. The molecule has 0 unspecified atom stereocenters. The van der Waals surface area contributed by atoms with Crippen molar-refractivity contribution in [3.05, 3.63) is 231 Å². The Morgan fingerprint density at radius 1 is 0.242 bits per heavy atom. The number of aromatic nitrogens is 2. The third-order valence-corrected chi connectivity index (χ3v) is 12.5. The van der Waals surface area contributed by atoms with Gasteiger partial charge in [0.2, 0.25) is 0 Å². The van der Waals surface area contributed by atoms with Crippen LogP contribution in [0.2, 0.25) is 0 Å². The molecule has 1 aliphatic carbocycles. The lowest BCUT2D eigenvalue weighted by molar-refractivity contribution is 1.25. The summed E-state index contributed by atoms with van der Waals surface area (Å²) in [5, 5.41) is 5.05. The minimum atomic E-state index is 0.848. The van der Waals surface area contributed by atoms with Crippen LogP contribution in [-0.4, -0.2) is 9.97 Å². The lowest BCUT2D eigenvalue weighted by Crippen LogP contribution is -1.93. The van der Waals surface area contributed by atoms with Gasteiger partial charge in [-0.2, -0.15) is 0 Å². The molecule has 62 heavy (non-hydrogen) atoms. The highest BCUT2D eigenvalue weighted by Crippen LogP contribution is 2.58. The van der Waals surface area contributed by atoms with Gasteiger partial charge in [-0.15, -0.1) is 0 Å². The zero-order valence-electron chi connectivity index (χ0n) is 33.8. The van der Waals surface area contributed by atoms with E-state index in [-0.39, 0.29) is 0 Å². The zero-order valence-corrected chi connectivity index (χ0v) is 33.8. The first-order valence-corrected chi connectivity index (χ1v) is 21.2. The molecule has 0 amide bonds. The molecule has 0 atom stereocenters. The summed E-state index contributed by atoms with van der Waals surface area (Å²) in [5.74, 6) is 0. The quantitative estimate of drug-likeness (QED) is 0.161. The highest BCUT2D eigenvalue weighted by Gasteiger charge is 2.31. The lowest BCUT2D eigenvalue weighted by Gasteiger charge is -2.20. The van der Waals surface area contributed by atoms with E-state index >= 15 is 0 Å². The molecule has 0 aliphatic heterocycles. The summed E-state index contributed by atoms with van der Waals surface area (Å²) in [6, 6.07) is 81.1. The first-order valence-electron chi connectivity index (χ1n) is 21.2. The van der Waals surface area contributed by atoms with Crippen LogP contribution in [0.1, 0.15) is 0 Å². The van der Waals surface area contributed by atoms with Crippen LogP contribution in [-0.2, 0) is 0 Å². The normalized spacial score (nSPS) is 11.5. The van der Waals surface area contributed by atoms with E-state index in [1.54, 1.807) is 0 Å². The SMILES string of the molecule is c1ccc(-c2ccc(-c3cc(-c4cccc(-c5ccccn5)n4)cc(-c4ccc5c6c(cccc46)-c4c-5c(-c5ccccc5)c5ccccc5c4-c4ccccc4)c3)cc2)cc1. The summed E-state index contributed by atoms with van der Waals surface area (Å²) >= 11 is 0. The van der Waals surface area contributed by atoms with Crippen molar-refractivity contribution in [3.63, 3.8) is 0 Å². The summed E-state index contributed by atoms with van der Waals surface area (Å²) in [4.78, 5) is 9.83. The fourth-order valence-corrected chi connectivity index (χ4v) is 9.70. The van der Waals surface area contributed by atoms with Gasteiger partial charge in [0.1, 0.15) is 0 Å². The Morgan fingerprint density at radius 3 is 1.35 bits per heavy atom. The number of fused-ring (bicyclic) bond motifs is 4. The molecule has 1 aliphatic rings. The molecule has 11 aromatic rings. The van der Waals surface area contributed by atoms with E-state index in [0.717, 1.165) is 39.3 Å². The summed E-state index contributed by atoms with van der Waals surface area (Å²) in [6.45, 7) is 0. The molecule has 2 aromatic heterocycles. The molecule has 0 bridgehead atoms. The summed E-state index contributed by atoms with van der Waals surface area (Å²) < 4.78 is 0. The van der Waals surface area contributed by atoms with Crippen molar-refractivity contribution in [2.24, 2.45) is 0 Å². The van der Waals surface area contributed by atoms with Gasteiger partial charge in [-0.25, -0.2) is 4.98 Å². The van der Waals surface area contributed by atoms with Crippen molar-refractivity contribution in [1.29, 1.82) is 0 Å². The molecule has 2 heterocycles. The van der Waals surface area contributed by atoms with Gasteiger partial charge in [0.15, 0.2) is 0 Å². The molecule has 12 rings (SSSR count). The van der Waals surface area contributed by atoms with Gasteiger partial charge < -0.3 is 0 Å². The topological polar surface area (TPSA) is 25.8 Å². The standard InChI is InChI=1S/C60H38N2/c1-4-16-39(17-5-1)40-29-31-41(32-30-40)44-36-45(38-46(37-44)53-27-15-28-55(62-53)54-26-12-13-35-61-54)47-33-34-52-58-48(47)24-14-25-51(58)59-56(42-18-6-2-7-19-42)49-22-10-11-23-50(49)57(60(52)59)43-20-8-3-9-21-43/h1-38H. The molecule has 0 spiro atoms. The van der Waals surface area contributed by atoms with E-state index in [2.05, 4.69) is 205 Å². The highest BCUT2D eigenvalue weighted by molar-refractivity contribution is 6.28. The predicted molar refractivity (Wildman–Crippen MR) is 260 cm³/mol. The second-order valence-electron chi connectivity index (χ2n) is 16.0. The van der Waals surface area contributed by atoms with Gasteiger partial charge in [0.05, 0.1) is 17.1 Å². The van der Waals surface area contributed by atoms with E-state index < -0.39 is 0 Å². The number of pyridine rings is 2. The Hall–Kier alpha value is -8.20. The molecule has 0 N–H and O–H groups in total. The van der Waals surface area contributed by atoms with Gasteiger partial charge >= 0.3 is 0 Å². The van der Waals surface area contributed by atoms with Crippen molar-refractivity contribution in [2.75, 3.05) is 0 Å². The van der Waals surface area contributed by atoms with Crippen LogP contribution in [0.4, 0.5) is 0 Å². The predicted octanol–water partition coefficient (Wildman–Crippen LogP) is 16.1. The average molecular weight is 787 g/mol. The fraction of sp³-hybridized carbons (Fsp3) is 0. The second kappa shape index (κ2) is 14.8. The molecular formula is C60H38N2.